The lowest BCUT2D eigenvalue weighted by Crippen LogP contribution is -2.50. The molecule has 37 heavy (non-hydrogen) atoms. The summed E-state index contributed by atoms with van der Waals surface area (Å²) in [5.74, 6) is 0.690. The van der Waals surface area contributed by atoms with Crippen molar-refractivity contribution in [3.8, 4) is 0 Å². The highest BCUT2D eigenvalue weighted by atomic mass is 35.5. The van der Waals surface area contributed by atoms with Gasteiger partial charge in [0.05, 0.1) is 12.4 Å². The van der Waals surface area contributed by atoms with Gasteiger partial charge in [-0.15, -0.1) is 0 Å². The second kappa shape index (κ2) is 8.47. The number of aromatic nitrogens is 2. The minimum absolute atomic E-state index is 0.00227. The van der Waals surface area contributed by atoms with Gasteiger partial charge in [0.15, 0.2) is 0 Å². The number of carbonyl (C=O) groups is 1. The van der Waals surface area contributed by atoms with E-state index in [1.165, 1.54) is 0 Å². The summed E-state index contributed by atoms with van der Waals surface area (Å²) < 4.78 is 4.04. The van der Waals surface area contributed by atoms with Gasteiger partial charge in [-0.3, -0.25) is 19.4 Å². The Morgan fingerprint density at radius 1 is 1.00 bits per heavy atom. The third-order valence-corrected chi connectivity index (χ3v) is 8.38. The molecule has 6 nitrogen and oxygen atoms in total. The molecule has 7 heteroatoms. The molecule has 2 aromatic carbocycles. The summed E-state index contributed by atoms with van der Waals surface area (Å²) in [5, 5.41) is 1.74. The van der Waals surface area contributed by atoms with E-state index in [-0.39, 0.29) is 11.5 Å². The molecule has 0 unspecified atom stereocenters. The average molecular weight is 511 g/mol. The summed E-state index contributed by atoms with van der Waals surface area (Å²) in [4.78, 5) is 30.6. The fourth-order valence-electron chi connectivity index (χ4n) is 6.56. The van der Waals surface area contributed by atoms with E-state index in [0.29, 0.717) is 29.1 Å². The monoisotopic (exact) mass is 510 g/mol. The van der Waals surface area contributed by atoms with Crippen LogP contribution in [-0.4, -0.2) is 39.7 Å². The zero-order chi connectivity index (χ0) is 25.3. The van der Waals surface area contributed by atoms with Crippen molar-refractivity contribution in [1.29, 1.82) is 0 Å². The molecule has 0 spiro atoms. The number of pyridine rings is 1. The van der Waals surface area contributed by atoms with Gasteiger partial charge >= 0.3 is 0 Å². The smallest absolute Gasteiger partial charge is 0.260 e. The zero-order valence-corrected chi connectivity index (χ0v) is 21.4. The molecule has 3 aliphatic rings. The second-order valence-electron chi connectivity index (χ2n) is 10.5. The molecule has 1 fully saturated rings. The Labute approximate surface area is 220 Å². The van der Waals surface area contributed by atoms with Crippen LogP contribution in [0.4, 0.5) is 5.69 Å². The number of hydrogen-bond acceptors (Lipinski definition) is 3. The van der Waals surface area contributed by atoms with Crippen LogP contribution in [0.1, 0.15) is 29.2 Å². The van der Waals surface area contributed by atoms with Gasteiger partial charge < -0.3 is 9.13 Å². The fourth-order valence-corrected chi connectivity index (χ4v) is 6.73. The van der Waals surface area contributed by atoms with Crippen molar-refractivity contribution >= 4 is 45.7 Å². The van der Waals surface area contributed by atoms with Crippen LogP contribution in [0.25, 0.3) is 22.6 Å². The number of likely N-dealkylation sites (tertiary alicyclic amines) is 1. The SMILES string of the molecule is Cn1cc(C=C2C(=O)N(CN3C[C@@H]4C[C@@H](C3)c3cccc(=O)n3C4)c3cc(Cl)ccc32)c2ccccc21. The predicted octanol–water partition coefficient (Wildman–Crippen LogP) is 4.96. The average Bonchev–Trinajstić information content (AvgIpc) is 3.34. The van der Waals surface area contributed by atoms with Gasteiger partial charge in [0.1, 0.15) is 0 Å². The molecular formula is C30H27ClN4O2. The van der Waals surface area contributed by atoms with Crippen molar-refractivity contribution in [3.05, 3.63) is 99.1 Å². The Bertz CT molecular complexity index is 1670. The molecule has 1 saturated heterocycles. The number of anilines is 1. The first kappa shape index (κ1) is 22.6. The highest BCUT2D eigenvalue weighted by Crippen LogP contribution is 2.41. The van der Waals surface area contributed by atoms with Crippen molar-refractivity contribution < 1.29 is 4.79 Å². The Balaban J connectivity index is 1.23. The molecule has 5 heterocycles. The third kappa shape index (κ3) is 3.66. The van der Waals surface area contributed by atoms with Crippen LogP contribution in [0.15, 0.2) is 71.7 Å². The molecular weight excluding hydrogens is 484 g/mol. The molecule has 0 N–H and O–H groups in total. The van der Waals surface area contributed by atoms with Crippen LogP contribution in [0.2, 0.25) is 5.02 Å². The molecule has 186 valence electrons. The Morgan fingerprint density at radius 2 is 1.86 bits per heavy atom. The molecule has 7 rings (SSSR count). The lowest BCUT2D eigenvalue weighted by molar-refractivity contribution is -0.113. The number of piperidine rings is 1. The normalized spacial score (nSPS) is 22.1. The molecule has 0 saturated carbocycles. The number of nitrogens with zero attached hydrogens (tertiary/aromatic N) is 4. The molecule has 2 bridgehead atoms. The summed E-state index contributed by atoms with van der Waals surface area (Å²) in [6, 6.07) is 19.5. The van der Waals surface area contributed by atoms with Crippen LogP contribution >= 0.6 is 11.6 Å². The molecule has 0 aliphatic carbocycles. The maximum atomic E-state index is 13.9. The number of aryl methyl sites for hydroxylation is 1. The summed E-state index contributed by atoms with van der Waals surface area (Å²) in [5.41, 5.74) is 5.82. The first-order valence-corrected chi connectivity index (χ1v) is 13.1. The van der Waals surface area contributed by atoms with E-state index in [2.05, 4.69) is 33.9 Å². The van der Waals surface area contributed by atoms with Crippen LogP contribution in [0.3, 0.4) is 0 Å². The third-order valence-electron chi connectivity index (χ3n) is 8.14. The molecule has 2 atom stereocenters. The predicted molar refractivity (Wildman–Crippen MR) is 148 cm³/mol. The maximum Gasteiger partial charge on any atom is 0.260 e. The van der Waals surface area contributed by atoms with Crippen LogP contribution < -0.4 is 10.5 Å². The Kier molecular flexibility index (Phi) is 5.17. The van der Waals surface area contributed by atoms with E-state index in [1.807, 2.05) is 59.0 Å². The topological polar surface area (TPSA) is 50.5 Å². The number of fused-ring (bicyclic) bond motifs is 6. The highest BCUT2D eigenvalue weighted by Gasteiger charge is 2.38. The summed E-state index contributed by atoms with van der Waals surface area (Å²) in [7, 11) is 2.03. The van der Waals surface area contributed by atoms with E-state index in [0.717, 1.165) is 59.5 Å². The van der Waals surface area contributed by atoms with Crippen LogP contribution in [0, 0.1) is 5.92 Å². The van der Waals surface area contributed by atoms with Gasteiger partial charge in [-0.1, -0.05) is 41.9 Å². The lowest BCUT2D eigenvalue weighted by atomic mass is 9.83. The van der Waals surface area contributed by atoms with Crippen LogP contribution in [0.5, 0.6) is 0 Å². The summed E-state index contributed by atoms with van der Waals surface area (Å²) in [6.07, 6.45) is 5.18. The van der Waals surface area contributed by atoms with Gasteiger partial charge in [0, 0.05) is 83.2 Å². The number of halogens is 1. The largest absolute Gasteiger partial charge is 0.350 e. The minimum atomic E-state index is -0.00227. The second-order valence-corrected chi connectivity index (χ2v) is 11.0. The number of para-hydroxylation sites is 1. The Morgan fingerprint density at radius 3 is 2.76 bits per heavy atom. The molecule has 3 aliphatic heterocycles. The first-order valence-electron chi connectivity index (χ1n) is 12.8. The van der Waals surface area contributed by atoms with E-state index in [1.54, 1.807) is 6.07 Å². The number of hydrogen-bond donors (Lipinski definition) is 0. The molecule has 1 amide bonds. The fraction of sp³-hybridized carbons (Fsp3) is 0.267. The van der Waals surface area contributed by atoms with Crippen LogP contribution in [-0.2, 0) is 18.4 Å². The van der Waals surface area contributed by atoms with Crippen molar-refractivity contribution in [2.45, 2.75) is 18.9 Å². The summed E-state index contributed by atoms with van der Waals surface area (Å²) >= 11 is 6.41. The minimum Gasteiger partial charge on any atom is -0.350 e. The number of carbonyl (C=O) groups excluding carboxylic acids is 1. The van der Waals surface area contributed by atoms with Gasteiger partial charge in [-0.25, -0.2) is 0 Å². The van der Waals surface area contributed by atoms with E-state index >= 15 is 0 Å². The van der Waals surface area contributed by atoms with Gasteiger partial charge in [-0.05, 0) is 42.7 Å². The van der Waals surface area contributed by atoms with Gasteiger partial charge in [0.25, 0.3) is 11.5 Å². The van der Waals surface area contributed by atoms with E-state index < -0.39 is 0 Å². The van der Waals surface area contributed by atoms with Crippen molar-refractivity contribution in [2.24, 2.45) is 13.0 Å². The number of benzene rings is 2. The van der Waals surface area contributed by atoms with E-state index in [9.17, 15) is 9.59 Å². The molecule has 0 radical (unpaired) electrons. The maximum absolute atomic E-state index is 13.9. The standard InChI is InChI=1S/C30H27ClN4O2/c1-32-16-20(23-5-2-3-6-27(23)32)12-25-24-10-9-22(31)13-28(24)35(30(25)37)18-33-14-19-11-21(17-33)26-7-4-8-29(36)34(26)15-19/h2-10,12-13,16,19,21H,11,14-15,17-18H2,1H3/t19-,21-/m0/s1. The number of amides is 1. The van der Waals surface area contributed by atoms with Crippen molar-refractivity contribution in [1.82, 2.24) is 14.0 Å². The molecule has 4 aromatic rings. The zero-order valence-electron chi connectivity index (χ0n) is 20.6. The first-order chi connectivity index (χ1) is 18.0. The summed E-state index contributed by atoms with van der Waals surface area (Å²) in [6.45, 7) is 2.93. The highest BCUT2D eigenvalue weighted by molar-refractivity contribution is 6.37. The van der Waals surface area contributed by atoms with Gasteiger partial charge in [0.2, 0.25) is 0 Å². The molecule has 2 aromatic heterocycles. The quantitative estimate of drug-likeness (QED) is 0.366. The van der Waals surface area contributed by atoms with Gasteiger partial charge in [-0.2, -0.15) is 0 Å². The number of rotatable bonds is 3. The van der Waals surface area contributed by atoms with E-state index in [4.69, 9.17) is 11.6 Å². The van der Waals surface area contributed by atoms with Crippen molar-refractivity contribution in [2.75, 3.05) is 24.7 Å². The lowest BCUT2D eigenvalue weighted by Gasteiger charge is -2.43. The van der Waals surface area contributed by atoms with Crippen molar-refractivity contribution in [3.63, 3.8) is 0 Å². The Hall–Kier alpha value is -3.61.